The Morgan fingerprint density at radius 3 is 1.10 bits per heavy atom. The molecule has 3 N–H and O–H groups in total. The molecule has 0 saturated carbocycles. The number of alkyl halides is 13. The molecule has 0 amide bonds. The topological polar surface area (TPSA) is 94.8 Å². The molecule has 5 nitrogen and oxygen atoms in total. The first kappa shape index (κ1) is 31.6. The summed E-state index contributed by atoms with van der Waals surface area (Å²) in [6.45, 7) is 0. The van der Waals surface area contributed by atoms with Gasteiger partial charge in [-0.2, -0.15) is 61.5 Å². The normalized spacial score (nSPS) is 19.5. The molecule has 0 spiro atoms. The molecule has 3 atom stereocenters. The van der Waals surface area contributed by atoms with Crippen LogP contribution in [0.15, 0.2) is 11.9 Å². The van der Waals surface area contributed by atoms with Gasteiger partial charge in [0, 0.05) is 0 Å². The summed E-state index contributed by atoms with van der Waals surface area (Å²) in [6.07, 6.45) is -20.4. The number of rotatable bonds is 5. The first-order valence-corrected chi connectivity index (χ1v) is 7.17. The quantitative estimate of drug-likeness (QED) is 0.249. The van der Waals surface area contributed by atoms with Crippen molar-refractivity contribution < 1.29 is 93.4 Å². The van der Waals surface area contributed by atoms with Gasteiger partial charge < -0.3 is 10.2 Å². The summed E-state index contributed by atoms with van der Waals surface area (Å²) in [4.78, 5) is 0. The van der Waals surface area contributed by atoms with Crippen molar-refractivity contribution in [3.63, 3.8) is 0 Å². The minimum Gasteiger partial charge on any atom is -0.354 e. The van der Waals surface area contributed by atoms with Gasteiger partial charge in [-0.3, -0.25) is 4.55 Å². The minimum absolute atomic E-state index is 3.12. The Morgan fingerprint density at radius 1 is 0.613 bits per heavy atom. The second kappa shape index (κ2) is 8.77. The molecular formula is C9H4F16O5S. The minimum atomic E-state index is -8.53. The summed E-state index contributed by atoms with van der Waals surface area (Å²) in [6, 6.07) is 0. The van der Waals surface area contributed by atoms with Crippen LogP contribution in [0.1, 0.15) is 0 Å². The third kappa shape index (κ3) is 5.10. The van der Waals surface area contributed by atoms with Crippen LogP contribution in [-0.2, 0) is 11.0 Å². The predicted octanol–water partition coefficient (Wildman–Crippen LogP) is 3.55. The van der Waals surface area contributed by atoms with Crippen molar-refractivity contribution in [2.24, 2.45) is 0 Å². The fraction of sp³-hybridized carbons (Fsp3) is 0.778. The first-order chi connectivity index (χ1) is 13.1. The zero-order valence-electron chi connectivity index (χ0n) is 13.2. The van der Waals surface area contributed by atoms with Crippen molar-refractivity contribution in [2.45, 2.75) is 41.6 Å². The van der Waals surface area contributed by atoms with Gasteiger partial charge in [0.1, 0.15) is 0 Å². The van der Waals surface area contributed by atoms with Gasteiger partial charge in [-0.15, -0.1) is 0 Å². The summed E-state index contributed by atoms with van der Waals surface area (Å²) in [5.41, 5.74) is -8.53. The van der Waals surface area contributed by atoms with Gasteiger partial charge in [0.05, 0.1) is 0 Å². The molecule has 0 aromatic carbocycles. The van der Waals surface area contributed by atoms with E-state index in [1.54, 1.807) is 0 Å². The zero-order valence-corrected chi connectivity index (χ0v) is 14.0. The van der Waals surface area contributed by atoms with E-state index in [0.717, 1.165) is 0 Å². The van der Waals surface area contributed by atoms with Crippen molar-refractivity contribution in [1.29, 1.82) is 0 Å². The van der Waals surface area contributed by atoms with E-state index in [1.165, 1.54) is 0 Å². The Morgan fingerprint density at radius 2 is 0.903 bits per heavy atom. The lowest BCUT2D eigenvalue weighted by Crippen LogP contribution is -2.79. The number of thiol groups is 1. The molecule has 188 valence electrons. The Labute approximate surface area is 159 Å². The average Bonchev–Trinajstić information content (AvgIpc) is 2.49. The van der Waals surface area contributed by atoms with Crippen molar-refractivity contribution in [2.75, 3.05) is 0 Å². The standard InChI is InChI=1S/C9H2F16O2.H2O3S/c10-1(2(11)12)3(13,26)5(15,16)4(14,8(20,21)22)7(19,27)6(17,18)9(23,24)25;1-4(2)3/h26-27H;4H,(H,1,2,3). The molecule has 22 heteroatoms. The number of hydrogen-bond donors (Lipinski definition) is 4. The molecule has 0 aromatic rings. The van der Waals surface area contributed by atoms with Crippen molar-refractivity contribution in [3.8, 4) is 0 Å². The van der Waals surface area contributed by atoms with Crippen LogP contribution in [0.2, 0.25) is 0 Å². The highest BCUT2D eigenvalue weighted by atomic mass is 32.2. The molecule has 3 unspecified atom stereocenters. The highest BCUT2D eigenvalue weighted by molar-refractivity contribution is 7.66. The lowest BCUT2D eigenvalue weighted by molar-refractivity contribution is -0.476. The van der Waals surface area contributed by atoms with E-state index >= 15 is 0 Å². The highest BCUT2D eigenvalue weighted by Crippen LogP contribution is 2.63. The van der Waals surface area contributed by atoms with E-state index in [4.69, 9.17) is 23.2 Å². The average molecular weight is 528 g/mol. The molecule has 0 rings (SSSR count). The monoisotopic (exact) mass is 528 g/mol. The molecule has 0 aromatic heterocycles. The smallest absolute Gasteiger partial charge is 0.354 e. The summed E-state index contributed by atoms with van der Waals surface area (Å²) in [7, 11) is -3.12. The molecule has 31 heavy (non-hydrogen) atoms. The predicted molar refractivity (Wildman–Crippen MR) is 61.3 cm³/mol. The maximum absolute atomic E-state index is 13.7. The summed E-state index contributed by atoms with van der Waals surface area (Å²) in [5.74, 6) is -36.6. The van der Waals surface area contributed by atoms with Gasteiger partial charge in [-0.1, -0.05) is 0 Å². The molecule has 0 aliphatic carbocycles. The van der Waals surface area contributed by atoms with E-state index in [-0.39, 0.29) is 0 Å². The number of aliphatic hydroxyl groups is 2. The third-order valence-corrected chi connectivity index (χ3v) is 2.92. The maximum atomic E-state index is 13.7. The number of halogens is 16. The van der Waals surface area contributed by atoms with E-state index in [0.29, 0.717) is 0 Å². The van der Waals surface area contributed by atoms with Crippen LogP contribution in [0.5, 0.6) is 0 Å². The molecular weight excluding hydrogens is 524 g/mol. The fourth-order valence-corrected chi connectivity index (χ4v) is 1.47. The van der Waals surface area contributed by atoms with Crippen LogP contribution in [-0.4, -0.2) is 64.8 Å². The van der Waals surface area contributed by atoms with Crippen LogP contribution in [0.25, 0.3) is 0 Å². The van der Waals surface area contributed by atoms with Gasteiger partial charge in [0.15, 0.2) is 0 Å². The van der Waals surface area contributed by atoms with Crippen LogP contribution in [0, 0.1) is 0 Å². The largest absolute Gasteiger partial charge is 0.459 e. The van der Waals surface area contributed by atoms with Crippen molar-refractivity contribution in [1.82, 2.24) is 0 Å². The van der Waals surface area contributed by atoms with E-state index in [9.17, 15) is 70.2 Å². The molecule has 0 saturated heterocycles. The lowest BCUT2D eigenvalue weighted by atomic mass is 9.80. The van der Waals surface area contributed by atoms with Gasteiger partial charge in [0.2, 0.25) is 5.83 Å². The van der Waals surface area contributed by atoms with Gasteiger partial charge in [-0.05, 0) is 0 Å². The molecule has 0 aliphatic rings. The molecule has 0 heterocycles. The van der Waals surface area contributed by atoms with Crippen LogP contribution in [0.3, 0.4) is 0 Å². The SMILES string of the molecule is O=[SH](=O)O.OC(F)(C(F)=C(F)F)C(F)(F)C(F)(C(F)(F)F)C(O)(F)C(F)(F)C(F)(F)F. The summed E-state index contributed by atoms with van der Waals surface area (Å²) in [5, 5.41) is 16.3. The molecule has 0 fully saturated rings. The zero-order chi connectivity index (χ0) is 26.2. The summed E-state index contributed by atoms with van der Waals surface area (Å²) < 4.78 is 226. The van der Waals surface area contributed by atoms with Gasteiger partial charge in [-0.25, -0.2) is 17.2 Å². The van der Waals surface area contributed by atoms with Gasteiger partial charge in [0.25, 0.3) is 11.0 Å². The van der Waals surface area contributed by atoms with E-state index in [1.807, 2.05) is 0 Å². The fourth-order valence-electron chi connectivity index (χ4n) is 1.47. The van der Waals surface area contributed by atoms with E-state index < -0.39 is 64.5 Å². The van der Waals surface area contributed by atoms with Crippen LogP contribution in [0.4, 0.5) is 70.2 Å². The molecule has 0 radical (unpaired) electrons. The summed E-state index contributed by atoms with van der Waals surface area (Å²) >= 11 is 0. The number of hydrogen-bond acceptors (Lipinski definition) is 4. The second-order valence-corrected chi connectivity index (χ2v) is 5.33. The van der Waals surface area contributed by atoms with E-state index in [2.05, 4.69) is 0 Å². The Kier molecular flexibility index (Phi) is 8.95. The first-order valence-electron chi connectivity index (χ1n) is 6.04. The van der Waals surface area contributed by atoms with Gasteiger partial charge >= 0.3 is 47.7 Å². The second-order valence-electron chi connectivity index (χ2n) is 4.86. The van der Waals surface area contributed by atoms with Crippen molar-refractivity contribution in [3.05, 3.63) is 11.9 Å². The Balaban J connectivity index is 0. The lowest BCUT2D eigenvalue weighted by Gasteiger charge is -2.46. The highest BCUT2D eigenvalue weighted by Gasteiger charge is 2.95. The van der Waals surface area contributed by atoms with Crippen LogP contribution < -0.4 is 0 Å². The van der Waals surface area contributed by atoms with Crippen LogP contribution >= 0.6 is 0 Å². The Hall–Kier alpha value is -1.55. The maximum Gasteiger partial charge on any atom is 0.459 e. The van der Waals surface area contributed by atoms with Crippen molar-refractivity contribution >= 4 is 11.0 Å². The molecule has 0 bridgehead atoms. The third-order valence-electron chi connectivity index (χ3n) is 2.92. The Bertz CT molecular complexity index is 738. The molecule has 0 aliphatic heterocycles.